The molecule has 1 aromatic carbocycles. The number of rotatable bonds is 6. The second-order valence-electron chi connectivity index (χ2n) is 4.56. The molecular weight excluding hydrogens is 263 g/mol. The van der Waals surface area contributed by atoms with Gasteiger partial charge in [-0.25, -0.2) is 14.0 Å². The quantitative estimate of drug-likeness (QED) is 0.787. The molecule has 0 bridgehead atoms. The van der Waals surface area contributed by atoms with Gasteiger partial charge in [0, 0.05) is 19.3 Å². The van der Waals surface area contributed by atoms with E-state index in [0.29, 0.717) is 6.54 Å². The van der Waals surface area contributed by atoms with Crippen molar-refractivity contribution < 1.29 is 19.1 Å². The zero-order chi connectivity index (χ0) is 15.1. The van der Waals surface area contributed by atoms with Gasteiger partial charge < -0.3 is 15.3 Å². The molecule has 6 heteroatoms. The standard InChI is InChI=1S/C14H19FN2O3/c1-3-4-5-8-17(2)14(20)16-10-6-7-11(13(18)19)12(15)9-10/h6-7,9H,3-5,8H2,1-2H3,(H,16,20)(H,18,19). The molecule has 0 heterocycles. The molecule has 2 amide bonds. The minimum Gasteiger partial charge on any atom is -0.478 e. The number of benzene rings is 1. The number of carboxylic acids is 1. The largest absolute Gasteiger partial charge is 0.478 e. The Morgan fingerprint density at radius 3 is 2.60 bits per heavy atom. The van der Waals surface area contributed by atoms with Crippen LogP contribution in [0.1, 0.15) is 36.5 Å². The van der Waals surface area contributed by atoms with Crippen molar-refractivity contribution in [2.45, 2.75) is 26.2 Å². The molecule has 0 aliphatic heterocycles. The average molecular weight is 282 g/mol. The van der Waals surface area contributed by atoms with Crippen LogP contribution in [0.5, 0.6) is 0 Å². The summed E-state index contributed by atoms with van der Waals surface area (Å²) in [5.41, 5.74) is -0.181. The zero-order valence-corrected chi connectivity index (χ0v) is 11.6. The van der Waals surface area contributed by atoms with Crippen LogP contribution < -0.4 is 5.32 Å². The smallest absolute Gasteiger partial charge is 0.338 e. The van der Waals surface area contributed by atoms with Crippen LogP contribution in [-0.4, -0.2) is 35.6 Å². The number of anilines is 1. The summed E-state index contributed by atoms with van der Waals surface area (Å²) in [5.74, 6) is -2.21. The molecule has 20 heavy (non-hydrogen) atoms. The molecule has 0 aromatic heterocycles. The first kappa shape index (κ1) is 15.9. The van der Waals surface area contributed by atoms with E-state index in [9.17, 15) is 14.0 Å². The maximum Gasteiger partial charge on any atom is 0.338 e. The molecule has 110 valence electrons. The highest BCUT2D eigenvalue weighted by molar-refractivity contribution is 5.91. The summed E-state index contributed by atoms with van der Waals surface area (Å²) in [5, 5.41) is 11.2. The minimum absolute atomic E-state index is 0.236. The fraction of sp³-hybridized carbons (Fsp3) is 0.429. The molecular formula is C14H19FN2O3. The molecule has 0 saturated carbocycles. The lowest BCUT2D eigenvalue weighted by molar-refractivity contribution is 0.0692. The monoisotopic (exact) mass is 282 g/mol. The lowest BCUT2D eigenvalue weighted by Gasteiger charge is -2.17. The molecule has 0 spiro atoms. The summed E-state index contributed by atoms with van der Waals surface area (Å²) in [6.07, 6.45) is 3.02. The Balaban J connectivity index is 2.62. The first-order valence-corrected chi connectivity index (χ1v) is 6.50. The fourth-order valence-electron chi connectivity index (χ4n) is 1.69. The Hall–Kier alpha value is -2.11. The van der Waals surface area contributed by atoms with Crippen LogP contribution in [0.25, 0.3) is 0 Å². The summed E-state index contributed by atoms with van der Waals surface area (Å²) < 4.78 is 13.5. The summed E-state index contributed by atoms with van der Waals surface area (Å²) in [6.45, 7) is 2.70. The molecule has 5 nitrogen and oxygen atoms in total. The Kier molecular flexibility index (Phi) is 5.96. The normalized spacial score (nSPS) is 10.2. The van der Waals surface area contributed by atoms with Crippen LogP contribution in [0.4, 0.5) is 14.9 Å². The molecule has 0 unspecified atom stereocenters. The van der Waals surface area contributed by atoms with E-state index in [-0.39, 0.29) is 11.7 Å². The van der Waals surface area contributed by atoms with E-state index in [1.807, 2.05) is 0 Å². The van der Waals surface area contributed by atoms with E-state index in [0.717, 1.165) is 31.4 Å². The number of unbranched alkanes of at least 4 members (excludes halogenated alkanes) is 2. The van der Waals surface area contributed by atoms with Crippen LogP contribution in [-0.2, 0) is 0 Å². The molecule has 1 aromatic rings. The number of carbonyl (C=O) groups is 2. The van der Waals surface area contributed by atoms with Gasteiger partial charge in [0.1, 0.15) is 5.82 Å². The predicted octanol–water partition coefficient (Wildman–Crippen LogP) is 3.18. The third-order valence-electron chi connectivity index (χ3n) is 2.89. The van der Waals surface area contributed by atoms with Crippen LogP contribution >= 0.6 is 0 Å². The summed E-state index contributed by atoms with van der Waals surface area (Å²) in [6, 6.07) is 3.15. The number of urea groups is 1. The first-order chi connectivity index (χ1) is 9.45. The van der Waals surface area contributed by atoms with Crippen LogP contribution in [0.3, 0.4) is 0 Å². The van der Waals surface area contributed by atoms with E-state index < -0.39 is 17.3 Å². The Morgan fingerprint density at radius 2 is 2.05 bits per heavy atom. The van der Waals surface area contributed by atoms with Crippen molar-refractivity contribution in [3.8, 4) is 0 Å². The van der Waals surface area contributed by atoms with E-state index >= 15 is 0 Å². The van der Waals surface area contributed by atoms with Crippen LogP contribution in [0, 0.1) is 5.82 Å². The molecule has 0 radical (unpaired) electrons. The number of carbonyl (C=O) groups excluding carboxylic acids is 1. The molecule has 0 atom stereocenters. The maximum absolute atomic E-state index is 13.5. The van der Waals surface area contributed by atoms with Crippen molar-refractivity contribution in [2.24, 2.45) is 0 Å². The average Bonchev–Trinajstić information content (AvgIpc) is 2.38. The topological polar surface area (TPSA) is 69.6 Å². The van der Waals surface area contributed by atoms with Crippen LogP contribution in [0.15, 0.2) is 18.2 Å². The van der Waals surface area contributed by atoms with E-state index in [1.54, 1.807) is 7.05 Å². The third kappa shape index (κ3) is 4.53. The van der Waals surface area contributed by atoms with Crippen molar-refractivity contribution in [1.82, 2.24) is 4.90 Å². The number of nitrogens with one attached hydrogen (secondary N) is 1. The fourth-order valence-corrected chi connectivity index (χ4v) is 1.69. The van der Waals surface area contributed by atoms with Crippen molar-refractivity contribution in [3.05, 3.63) is 29.6 Å². The molecule has 0 fully saturated rings. The highest BCUT2D eigenvalue weighted by Crippen LogP contribution is 2.15. The van der Waals surface area contributed by atoms with Gasteiger partial charge >= 0.3 is 12.0 Å². The molecule has 0 aliphatic rings. The lowest BCUT2D eigenvalue weighted by Crippen LogP contribution is -2.32. The van der Waals surface area contributed by atoms with Gasteiger partial charge in [0.2, 0.25) is 0 Å². The highest BCUT2D eigenvalue weighted by Gasteiger charge is 2.13. The first-order valence-electron chi connectivity index (χ1n) is 6.50. The van der Waals surface area contributed by atoms with E-state index in [2.05, 4.69) is 12.2 Å². The summed E-state index contributed by atoms with van der Waals surface area (Å²) in [7, 11) is 1.66. The van der Waals surface area contributed by atoms with Gasteiger partial charge in [-0.1, -0.05) is 19.8 Å². The van der Waals surface area contributed by atoms with Gasteiger partial charge in [-0.05, 0) is 24.6 Å². The zero-order valence-electron chi connectivity index (χ0n) is 11.6. The van der Waals surface area contributed by atoms with Gasteiger partial charge in [0.25, 0.3) is 0 Å². The van der Waals surface area contributed by atoms with Crippen LogP contribution in [0.2, 0.25) is 0 Å². The van der Waals surface area contributed by atoms with Gasteiger partial charge in [0.05, 0.1) is 5.56 Å². The third-order valence-corrected chi connectivity index (χ3v) is 2.89. The van der Waals surface area contributed by atoms with E-state index in [4.69, 9.17) is 5.11 Å². The Labute approximate surface area is 117 Å². The minimum atomic E-state index is -1.34. The Bertz CT molecular complexity index is 491. The molecule has 0 saturated heterocycles. The number of nitrogens with zero attached hydrogens (tertiary/aromatic N) is 1. The van der Waals surface area contributed by atoms with Gasteiger partial charge in [-0.3, -0.25) is 0 Å². The number of amides is 2. The van der Waals surface area contributed by atoms with E-state index in [1.165, 1.54) is 11.0 Å². The lowest BCUT2D eigenvalue weighted by atomic mass is 10.2. The second kappa shape index (κ2) is 7.47. The number of halogens is 1. The van der Waals surface area contributed by atoms with Gasteiger partial charge in [-0.2, -0.15) is 0 Å². The van der Waals surface area contributed by atoms with Crippen molar-refractivity contribution in [3.63, 3.8) is 0 Å². The molecule has 2 N–H and O–H groups in total. The SMILES string of the molecule is CCCCCN(C)C(=O)Nc1ccc(C(=O)O)c(F)c1. The highest BCUT2D eigenvalue weighted by atomic mass is 19.1. The maximum atomic E-state index is 13.5. The van der Waals surface area contributed by atoms with Gasteiger partial charge in [0.15, 0.2) is 0 Å². The second-order valence-corrected chi connectivity index (χ2v) is 4.56. The number of carboxylic acid groups (broad SMARTS) is 1. The van der Waals surface area contributed by atoms with Gasteiger partial charge in [-0.15, -0.1) is 0 Å². The summed E-state index contributed by atoms with van der Waals surface area (Å²) in [4.78, 5) is 24.0. The van der Waals surface area contributed by atoms with Crippen molar-refractivity contribution in [2.75, 3.05) is 18.9 Å². The number of aromatic carboxylic acids is 1. The number of hydrogen-bond acceptors (Lipinski definition) is 2. The molecule has 0 aliphatic carbocycles. The Morgan fingerprint density at radius 1 is 1.35 bits per heavy atom. The predicted molar refractivity (Wildman–Crippen MR) is 74.5 cm³/mol. The van der Waals surface area contributed by atoms with Crippen molar-refractivity contribution in [1.29, 1.82) is 0 Å². The van der Waals surface area contributed by atoms with Crippen molar-refractivity contribution >= 4 is 17.7 Å². The number of hydrogen-bond donors (Lipinski definition) is 2. The summed E-state index contributed by atoms with van der Waals surface area (Å²) >= 11 is 0. The molecule has 1 rings (SSSR count).